The van der Waals surface area contributed by atoms with Gasteiger partial charge >= 0.3 is 0 Å². The highest BCUT2D eigenvalue weighted by atomic mass is 15.6. The molecule has 0 saturated heterocycles. The summed E-state index contributed by atoms with van der Waals surface area (Å²) in [6.45, 7) is 2.78. The molecule has 0 aliphatic carbocycles. The summed E-state index contributed by atoms with van der Waals surface area (Å²) in [6, 6.07) is 59.0. The van der Waals surface area contributed by atoms with Gasteiger partial charge in [0.2, 0.25) is 0 Å². The number of fused-ring (bicyclic) bond motifs is 1. The van der Waals surface area contributed by atoms with Crippen LogP contribution < -0.4 is 5.32 Å². The summed E-state index contributed by atoms with van der Waals surface area (Å²) in [5.41, 5.74) is 9.75. The molecule has 0 aliphatic rings. The van der Waals surface area contributed by atoms with Crippen LogP contribution in [0.4, 0.5) is 5.69 Å². The fourth-order valence-electron chi connectivity index (χ4n) is 7.08. The summed E-state index contributed by atoms with van der Waals surface area (Å²) in [5, 5.41) is 18.8. The molecule has 0 saturated carbocycles. The molecule has 6 heteroatoms. The minimum absolute atomic E-state index is 0.634. The number of aryl methyl sites for hydroxylation is 1. The van der Waals surface area contributed by atoms with Crippen molar-refractivity contribution >= 4 is 16.6 Å². The number of para-hydroxylation sites is 1. The van der Waals surface area contributed by atoms with E-state index in [1.807, 2.05) is 28.9 Å². The van der Waals surface area contributed by atoms with Gasteiger partial charge in [-0.1, -0.05) is 165 Å². The molecule has 6 nitrogen and oxygen atoms in total. The Kier molecular flexibility index (Phi) is 8.41. The second kappa shape index (κ2) is 13.6. The van der Waals surface area contributed by atoms with Gasteiger partial charge in [0.05, 0.1) is 5.52 Å². The highest BCUT2D eigenvalue weighted by Gasteiger charge is 2.42. The van der Waals surface area contributed by atoms with Crippen molar-refractivity contribution in [3.63, 3.8) is 0 Å². The number of anilines is 1. The summed E-state index contributed by atoms with van der Waals surface area (Å²) in [5.74, 6) is 0.674. The molecule has 242 valence electrons. The molecule has 6 aromatic carbocycles. The number of hydrogen-bond donors (Lipinski definition) is 1. The highest BCUT2D eigenvalue weighted by Crippen LogP contribution is 2.43. The first-order chi connectivity index (χ1) is 24.8. The Hall–Kier alpha value is -6.40. The smallest absolute Gasteiger partial charge is 0.184 e. The summed E-state index contributed by atoms with van der Waals surface area (Å²) >= 11 is 0. The van der Waals surface area contributed by atoms with Crippen LogP contribution in [0.25, 0.3) is 33.4 Å². The highest BCUT2D eigenvalue weighted by molar-refractivity contribution is 5.91. The fraction of sp³-hybridized carbons (Fsp3) is 0.0909. The number of nitrogens with one attached hydrogen (secondary N) is 1. The Morgan fingerprint density at radius 1 is 0.580 bits per heavy atom. The van der Waals surface area contributed by atoms with Gasteiger partial charge in [-0.3, -0.25) is 4.98 Å². The first kappa shape index (κ1) is 30.9. The van der Waals surface area contributed by atoms with Gasteiger partial charge in [-0.25, -0.2) is 4.68 Å². The van der Waals surface area contributed by atoms with E-state index < -0.39 is 5.54 Å². The average Bonchev–Trinajstić information content (AvgIpc) is 3.68. The van der Waals surface area contributed by atoms with Gasteiger partial charge in [0, 0.05) is 28.9 Å². The quantitative estimate of drug-likeness (QED) is 0.150. The summed E-state index contributed by atoms with van der Waals surface area (Å²) < 4.78 is 2.00. The lowest BCUT2D eigenvalue weighted by Gasteiger charge is -2.36. The van der Waals surface area contributed by atoms with Crippen LogP contribution >= 0.6 is 0 Å². The summed E-state index contributed by atoms with van der Waals surface area (Å²) in [6.07, 6.45) is 0.870. The van der Waals surface area contributed by atoms with Crippen molar-refractivity contribution in [2.45, 2.75) is 25.4 Å². The molecule has 0 bridgehead atoms. The molecule has 2 aromatic heterocycles. The van der Waals surface area contributed by atoms with Gasteiger partial charge in [-0.15, -0.1) is 5.10 Å². The first-order valence-corrected chi connectivity index (χ1v) is 17.0. The van der Waals surface area contributed by atoms with Crippen LogP contribution in [0.1, 0.15) is 34.9 Å². The molecule has 0 atom stereocenters. The van der Waals surface area contributed by atoms with Crippen LogP contribution in [0.5, 0.6) is 0 Å². The molecular formula is C44H36N6. The number of rotatable bonds is 10. The average molecular weight is 649 g/mol. The Morgan fingerprint density at radius 3 is 1.76 bits per heavy atom. The monoisotopic (exact) mass is 648 g/mol. The molecule has 50 heavy (non-hydrogen) atoms. The zero-order chi connectivity index (χ0) is 33.8. The topological polar surface area (TPSA) is 68.5 Å². The van der Waals surface area contributed by atoms with Crippen LogP contribution in [0.15, 0.2) is 170 Å². The van der Waals surface area contributed by atoms with Crippen LogP contribution in [0, 0.1) is 0 Å². The van der Waals surface area contributed by atoms with E-state index in [1.54, 1.807) is 0 Å². The molecule has 0 amide bonds. The van der Waals surface area contributed by atoms with Crippen molar-refractivity contribution in [3.8, 4) is 22.5 Å². The maximum absolute atomic E-state index is 4.85. The molecule has 8 rings (SSSR count). The summed E-state index contributed by atoms with van der Waals surface area (Å²) in [4.78, 5) is 4.85. The predicted octanol–water partition coefficient (Wildman–Crippen LogP) is 9.57. The number of hydrogen-bond acceptors (Lipinski definition) is 5. The molecule has 2 heterocycles. The summed E-state index contributed by atoms with van der Waals surface area (Å²) in [7, 11) is 0. The lowest BCUT2D eigenvalue weighted by Crippen LogP contribution is -2.39. The number of pyridine rings is 1. The molecule has 1 N–H and O–H groups in total. The molecule has 0 fully saturated rings. The van der Waals surface area contributed by atoms with Gasteiger partial charge in [0.1, 0.15) is 5.54 Å². The van der Waals surface area contributed by atoms with Crippen molar-refractivity contribution in [1.29, 1.82) is 0 Å². The van der Waals surface area contributed by atoms with E-state index in [2.05, 4.69) is 163 Å². The third-order valence-corrected chi connectivity index (χ3v) is 9.44. The first-order valence-electron chi connectivity index (χ1n) is 17.0. The van der Waals surface area contributed by atoms with E-state index in [0.29, 0.717) is 12.4 Å². The van der Waals surface area contributed by atoms with Gasteiger partial charge in [-0.05, 0) is 62.4 Å². The molecular weight excluding hydrogens is 613 g/mol. The number of nitrogens with zero attached hydrogens (tertiary/aromatic N) is 5. The Morgan fingerprint density at radius 2 is 1.12 bits per heavy atom. The van der Waals surface area contributed by atoms with E-state index >= 15 is 0 Å². The van der Waals surface area contributed by atoms with Crippen molar-refractivity contribution in [1.82, 2.24) is 25.2 Å². The van der Waals surface area contributed by atoms with Crippen LogP contribution in [-0.2, 0) is 18.5 Å². The minimum atomic E-state index is -0.851. The minimum Gasteiger partial charge on any atom is -0.380 e. The Balaban J connectivity index is 1.28. The van der Waals surface area contributed by atoms with E-state index in [1.165, 1.54) is 5.56 Å². The normalized spacial score (nSPS) is 11.5. The molecule has 0 spiro atoms. The maximum atomic E-state index is 4.85. The van der Waals surface area contributed by atoms with E-state index in [0.717, 1.165) is 62.1 Å². The molecule has 0 radical (unpaired) electrons. The second-order valence-electron chi connectivity index (χ2n) is 12.3. The number of benzene rings is 6. The fourth-order valence-corrected chi connectivity index (χ4v) is 7.08. The second-order valence-corrected chi connectivity index (χ2v) is 12.3. The van der Waals surface area contributed by atoms with E-state index in [4.69, 9.17) is 15.3 Å². The van der Waals surface area contributed by atoms with Crippen molar-refractivity contribution in [2.75, 3.05) is 5.32 Å². The number of tetrazole rings is 1. The van der Waals surface area contributed by atoms with Crippen LogP contribution in [0.2, 0.25) is 0 Å². The maximum Gasteiger partial charge on any atom is 0.184 e. The predicted molar refractivity (Wildman–Crippen MR) is 202 cm³/mol. The largest absolute Gasteiger partial charge is 0.380 e. The SMILES string of the molecule is CCc1cc(NCc2ccccc2-c2ccccc2-c2nnnn2C(c2ccccc2)(c2ccccc2)c2ccccc2)c2ccccc2n1. The van der Waals surface area contributed by atoms with Gasteiger partial charge in [0.25, 0.3) is 0 Å². The lowest BCUT2D eigenvalue weighted by atomic mass is 9.77. The Labute approximate surface area is 292 Å². The van der Waals surface area contributed by atoms with E-state index in [-0.39, 0.29) is 0 Å². The Bertz CT molecular complexity index is 2270. The van der Waals surface area contributed by atoms with Gasteiger partial charge < -0.3 is 5.32 Å². The van der Waals surface area contributed by atoms with Gasteiger partial charge in [-0.2, -0.15) is 0 Å². The standard InChI is InChI=1S/C44H36N6/c1-2-36-30-42(40-28-16-17-29-41(40)46-36)45-31-32-18-12-13-25-37(32)38-26-14-15-27-39(38)43-47-48-49-50(43)44(33-19-6-3-7-20-33,34-21-8-4-9-22-34)35-23-10-5-11-24-35/h3-30H,2,31H2,1H3,(H,45,46). The van der Waals surface area contributed by atoms with Crippen molar-refractivity contribution in [2.24, 2.45) is 0 Å². The molecule has 0 unspecified atom stereocenters. The number of aromatic nitrogens is 5. The zero-order valence-electron chi connectivity index (χ0n) is 27.8. The zero-order valence-corrected chi connectivity index (χ0v) is 27.8. The van der Waals surface area contributed by atoms with E-state index in [9.17, 15) is 0 Å². The lowest BCUT2D eigenvalue weighted by molar-refractivity contribution is 0.451. The van der Waals surface area contributed by atoms with Crippen molar-refractivity contribution < 1.29 is 0 Å². The molecule has 8 aromatic rings. The van der Waals surface area contributed by atoms with Gasteiger partial charge in [0.15, 0.2) is 5.82 Å². The third-order valence-electron chi connectivity index (χ3n) is 9.44. The van der Waals surface area contributed by atoms with Crippen LogP contribution in [0.3, 0.4) is 0 Å². The van der Waals surface area contributed by atoms with Crippen LogP contribution in [-0.4, -0.2) is 25.2 Å². The third kappa shape index (κ3) is 5.51. The van der Waals surface area contributed by atoms with Crippen molar-refractivity contribution in [3.05, 3.63) is 198 Å². The molecule has 0 aliphatic heterocycles.